The van der Waals surface area contributed by atoms with Crippen LogP contribution in [0.25, 0.3) is 0 Å². The predicted octanol–water partition coefficient (Wildman–Crippen LogP) is 1.25. The summed E-state index contributed by atoms with van der Waals surface area (Å²) in [7, 11) is 2.03. The van der Waals surface area contributed by atoms with Crippen molar-refractivity contribution in [3.8, 4) is 0 Å². The highest BCUT2D eigenvalue weighted by Gasteiger charge is 2.40. The molecule has 0 bridgehead atoms. The number of hydrogen-bond donors (Lipinski definition) is 0. The molecular formula is C11H15NO. The molecule has 1 heterocycles. The molecular weight excluding hydrogens is 162 g/mol. The Morgan fingerprint density at radius 2 is 2.08 bits per heavy atom. The van der Waals surface area contributed by atoms with Gasteiger partial charge in [-0.2, -0.15) is 0 Å². The summed E-state index contributed by atoms with van der Waals surface area (Å²) in [5.74, 6) is 1.24. The third-order valence-corrected chi connectivity index (χ3v) is 3.05. The van der Waals surface area contributed by atoms with Crippen molar-refractivity contribution >= 4 is 5.78 Å². The molecule has 1 aliphatic carbocycles. The summed E-state index contributed by atoms with van der Waals surface area (Å²) in [6.45, 7) is 2.70. The molecule has 2 nitrogen and oxygen atoms in total. The SMILES string of the molecule is CC(=O)C1C2C=CC=CC2CN1C. The first-order chi connectivity index (χ1) is 6.20. The van der Waals surface area contributed by atoms with Crippen LogP contribution in [0, 0.1) is 11.8 Å². The third kappa shape index (κ3) is 1.35. The van der Waals surface area contributed by atoms with Gasteiger partial charge in [-0.3, -0.25) is 9.69 Å². The van der Waals surface area contributed by atoms with E-state index in [1.807, 2.05) is 7.05 Å². The molecule has 0 aromatic carbocycles. The number of fused-ring (bicyclic) bond motifs is 1. The Kier molecular flexibility index (Phi) is 2.08. The van der Waals surface area contributed by atoms with Gasteiger partial charge in [0, 0.05) is 12.5 Å². The van der Waals surface area contributed by atoms with Gasteiger partial charge in [0.15, 0.2) is 0 Å². The van der Waals surface area contributed by atoms with Crippen LogP contribution < -0.4 is 0 Å². The predicted molar refractivity (Wildman–Crippen MR) is 52.4 cm³/mol. The number of allylic oxidation sites excluding steroid dienone is 2. The Hall–Kier alpha value is -0.890. The van der Waals surface area contributed by atoms with Gasteiger partial charge in [0.05, 0.1) is 6.04 Å². The maximum atomic E-state index is 11.4. The second-order valence-electron chi connectivity index (χ2n) is 4.01. The third-order valence-electron chi connectivity index (χ3n) is 3.05. The molecule has 0 spiro atoms. The average molecular weight is 177 g/mol. The molecule has 3 unspecified atom stereocenters. The second-order valence-corrected chi connectivity index (χ2v) is 4.01. The van der Waals surface area contributed by atoms with E-state index in [0.29, 0.717) is 11.8 Å². The summed E-state index contributed by atoms with van der Waals surface area (Å²) in [4.78, 5) is 13.6. The van der Waals surface area contributed by atoms with Gasteiger partial charge in [0.2, 0.25) is 0 Å². The van der Waals surface area contributed by atoms with Gasteiger partial charge in [0.25, 0.3) is 0 Å². The van der Waals surface area contributed by atoms with Gasteiger partial charge in [-0.15, -0.1) is 0 Å². The van der Waals surface area contributed by atoms with E-state index in [9.17, 15) is 4.79 Å². The number of ketones is 1. The van der Waals surface area contributed by atoms with Crippen molar-refractivity contribution in [2.45, 2.75) is 13.0 Å². The van der Waals surface area contributed by atoms with E-state index in [1.54, 1.807) is 6.92 Å². The number of likely N-dealkylation sites (tertiary alicyclic amines) is 1. The van der Waals surface area contributed by atoms with Crippen molar-refractivity contribution in [2.24, 2.45) is 11.8 Å². The molecule has 70 valence electrons. The van der Waals surface area contributed by atoms with Crippen molar-refractivity contribution in [2.75, 3.05) is 13.6 Å². The zero-order chi connectivity index (χ0) is 9.42. The standard InChI is InChI=1S/C11H15NO/c1-8(13)11-10-6-4-3-5-9(10)7-12(11)2/h3-6,9-11H,7H2,1-2H3. The molecule has 2 aliphatic rings. The van der Waals surface area contributed by atoms with Crippen LogP contribution in [0.3, 0.4) is 0 Å². The van der Waals surface area contributed by atoms with Crippen LogP contribution in [0.1, 0.15) is 6.92 Å². The van der Waals surface area contributed by atoms with E-state index in [4.69, 9.17) is 0 Å². The van der Waals surface area contributed by atoms with Gasteiger partial charge in [-0.05, 0) is 19.9 Å². The average Bonchev–Trinajstić information content (AvgIpc) is 2.39. The fourth-order valence-corrected chi connectivity index (χ4v) is 2.51. The van der Waals surface area contributed by atoms with E-state index in [0.717, 1.165) is 6.54 Å². The quantitative estimate of drug-likeness (QED) is 0.600. The van der Waals surface area contributed by atoms with Crippen LogP contribution in [0.4, 0.5) is 0 Å². The first-order valence-corrected chi connectivity index (χ1v) is 4.76. The largest absolute Gasteiger partial charge is 0.298 e. The number of carbonyl (C=O) groups is 1. The lowest BCUT2D eigenvalue weighted by molar-refractivity contribution is -0.121. The van der Waals surface area contributed by atoms with E-state index >= 15 is 0 Å². The molecule has 0 radical (unpaired) electrons. The summed E-state index contributed by atoms with van der Waals surface area (Å²) in [5.41, 5.74) is 0. The van der Waals surface area contributed by atoms with Crippen molar-refractivity contribution in [1.29, 1.82) is 0 Å². The molecule has 0 aromatic rings. The number of hydrogen-bond acceptors (Lipinski definition) is 2. The zero-order valence-electron chi connectivity index (χ0n) is 8.10. The van der Waals surface area contributed by atoms with Crippen molar-refractivity contribution < 1.29 is 4.79 Å². The lowest BCUT2D eigenvalue weighted by Crippen LogP contribution is -2.35. The van der Waals surface area contributed by atoms with Crippen LogP contribution in [0.15, 0.2) is 24.3 Å². The second kappa shape index (κ2) is 3.11. The van der Waals surface area contributed by atoms with Crippen LogP contribution in [-0.2, 0) is 4.79 Å². The van der Waals surface area contributed by atoms with E-state index < -0.39 is 0 Å². The molecule has 2 rings (SSSR count). The van der Waals surface area contributed by atoms with Crippen LogP contribution in [0.5, 0.6) is 0 Å². The smallest absolute Gasteiger partial charge is 0.147 e. The lowest BCUT2D eigenvalue weighted by Gasteiger charge is -2.21. The summed E-state index contributed by atoms with van der Waals surface area (Å²) in [6.07, 6.45) is 8.51. The monoisotopic (exact) mass is 177 g/mol. The Labute approximate surface area is 78.9 Å². The zero-order valence-corrected chi connectivity index (χ0v) is 8.10. The first-order valence-electron chi connectivity index (χ1n) is 4.76. The number of likely N-dealkylation sites (N-methyl/N-ethyl adjacent to an activating group) is 1. The molecule has 1 fully saturated rings. The van der Waals surface area contributed by atoms with Crippen molar-refractivity contribution in [1.82, 2.24) is 4.90 Å². The maximum absolute atomic E-state index is 11.4. The molecule has 1 saturated heterocycles. The fraction of sp³-hybridized carbons (Fsp3) is 0.545. The van der Waals surface area contributed by atoms with Crippen LogP contribution in [-0.4, -0.2) is 30.3 Å². The Balaban J connectivity index is 2.25. The van der Waals surface area contributed by atoms with Gasteiger partial charge in [0.1, 0.15) is 5.78 Å². The minimum absolute atomic E-state index is 0.103. The first kappa shape index (κ1) is 8.70. The minimum atomic E-state index is 0.103. The van der Waals surface area contributed by atoms with Crippen molar-refractivity contribution in [3.63, 3.8) is 0 Å². The molecule has 13 heavy (non-hydrogen) atoms. The Morgan fingerprint density at radius 1 is 1.38 bits per heavy atom. The topological polar surface area (TPSA) is 20.3 Å². The van der Waals surface area contributed by atoms with E-state index in [1.165, 1.54) is 0 Å². The molecule has 1 aliphatic heterocycles. The molecule has 0 aromatic heterocycles. The molecule has 0 saturated carbocycles. The highest BCUT2D eigenvalue weighted by Crippen LogP contribution is 2.33. The summed E-state index contributed by atoms with van der Waals surface area (Å²) in [6, 6.07) is 0.103. The minimum Gasteiger partial charge on any atom is -0.298 e. The van der Waals surface area contributed by atoms with E-state index in [-0.39, 0.29) is 11.8 Å². The summed E-state index contributed by atoms with van der Waals surface area (Å²) >= 11 is 0. The number of rotatable bonds is 1. The summed E-state index contributed by atoms with van der Waals surface area (Å²) in [5, 5.41) is 0. The Bertz CT molecular complexity index is 280. The van der Waals surface area contributed by atoms with Crippen LogP contribution >= 0.6 is 0 Å². The van der Waals surface area contributed by atoms with Gasteiger partial charge < -0.3 is 0 Å². The highest BCUT2D eigenvalue weighted by atomic mass is 16.1. The number of nitrogens with zero attached hydrogens (tertiary/aromatic N) is 1. The fourth-order valence-electron chi connectivity index (χ4n) is 2.51. The maximum Gasteiger partial charge on any atom is 0.147 e. The Morgan fingerprint density at radius 3 is 2.77 bits per heavy atom. The van der Waals surface area contributed by atoms with Gasteiger partial charge in [-0.1, -0.05) is 24.3 Å². The molecule has 3 atom stereocenters. The number of Topliss-reactive ketones (excluding diaryl/α,β-unsaturated/α-hetero) is 1. The molecule has 0 N–H and O–H groups in total. The highest BCUT2D eigenvalue weighted by molar-refractivity contribution is 5.82. The van der Waals surface area contributed by atoms with E-state index in [2.05, 4.69) is 29.2 Å². The molecule has 2 heteroatoms. The lowest BCUT2D eigenvalue weighted by atomic mass is 9.86. The summed E-state index contributed by atoms with van der Waals surface area (Å²) < 4.78 is 0. The van der Waals surface area contributed by atoms with Gasteiger partial charge in [-0.25, -0.2) is 0 Å². The normalized spacial score (nSPS) is 37.8. The number of carbonyl (C=O) groups excluding carboxylic acids is 1. The van der Waals surface area contributed by atoms with Gasteiger partial charge >= 0.3 is 0 Å². The van der Waals surface area contributed by atoms with Crippen LogP contribution in [0.2, 0.25) is 0 Å². The molecule has 0 amide bonds. The van der Waals surface area contributed by atoms with Crippen molar-refractivity contribution in [3.05, 3.63) is 24.3 Å².